The number of rotatable bonds is 5. The minimum atomic E-state index is -0.558. The molecule has 0 heterocycles. The van der Waals surface area contributed by atoms with Crippen molar-refractivity contribution in [2.45, 2.75) is 6.92 Å². The minimum absolute atomic E-state index is 0.0760. The van der Waals surface area contributed by atoms with Gasteiger partial charge < -0.3 is 10.1 Å². The standard InChI is InChI=1S/C16H13ClFNO3/c1-10(20)11-3-2-4-13(7-11)22-9-16(21)19-12-5-6-15(18)14(17)8-12/h2-8H,9H2,1H3,(H,19,21). The van der Waals surface area contributed by atoms with E-state index >= 15 is 0 Å². The molecule has 0 fully saturated rings. The fraction of sp³-hybridized carbons (Fsp3) is 0.125. The molecule has 0 radical (unpaired) electrons. The minimum Gasteiger partial charge on any atom is -0.484 e. The lowest BCUT2D eigenvalue weighted by Gasteiger charge is -2.08. The Bertz CT molecular complexity index is 718. The number of hydrogen-bond donors (Lipinski definition) is 1. The van der Waals surface area contributed by atoms with Crippen molar-refractivity contribution in [1.82, 2.24) is 0 Å². The van der Waals surface area contributed by atoms with Gasteiger partial charge in [0.05, 0.1) is 5.02 Å². The summed E-state index contributed by atoms with van der Waals surface area (Å²) >= 11 is 5.63. The molecule has 1 amide bonds. The Kier molecular flexibility index (Phi) is 5.12. The highest BCUT2D eigenvalue weighted by molar-refractivity contribution is 6.31. The lowest BCUT2D eigenvalue weighted by atomic mass is 10.1. The van der Waals surface area contributed by atoms with Crippen molar-refractivity contribution in [3.05, 3.63) is 58.9 Å². The summed E-state index contributed by atoms with van der Waals surface area (Å²) in [5.41, 5.74) is 0.876. The number of ether oxygens (including phenoxy) is 1. The van der Waals surface area contributed by atoms with Gasteiger partial charge >= 0.3 is 0 Å². The molecule has 22 heavy (non-hydrogen) atoms. The van der Waals surface area contributed by atoms with Gasteiger partial charge in [0, 0.05) is 11.3 Å². The molecule has 0 saturated heterocycles. The predicted octanol–water partition coefficient (Wildman–Crippen LogP) is 3.70. The molecule has 1 N–H and O–H groups in total. The van der Waals surface area contributed by atoms with Crippen LogP contribution >= 0.6 is 11.6 Å². The van der Waals surface area contributed by atoms with Crippen LogP contribution in [0, 0.1) is 5.82 Å². The average Bonchev–Trinajstić information content (AvgIpc) is 2.49. The Morgan fingerprint density at radius 3 is 2.68 bits per heavy atom. The molecule has 0 saturated carbocycles. The number of Topliss-reactive ketones (excluding diaryl/α,β-unsaturated/α-hetero) is 1. The van der Waals surface area contributed by atoms with Crippen LogP contribution in [0.3, 0.4) is 0 Å². The summed E-state index contributed by atoms with van der Waals surface area (Å²) in [5, 5.41) is 2.46. The van der Waals surface area contributed by atoms with E-state index in [1.807, 2.05) is 0 Å². The highest BCUT2D eigenvalue weighted by Crippen LogP contribution is 2.19. The summed E-state index contributed by atoms with van der Waals surface area (Å²) < 4.78 is 18.3. The molecule has 2 aromatic rings. The van der Waals surface area contributed by atoms with E-state index in [0.717, 1.165) is 6.07 Å². The van der Waals surface area contributed by atoms with E-state index in [0.29, 0.717) is 17.0 Å². The third kappa shape index (κ3) is 4.30. The molecule has 0 unspecified atom stereocenters. The van der Waals surface area contributed by atoms with Crippen LogP contribution in [0.4, 0.5) is 10.1 Å². The molecule has 2 aromatic carbocycles. The van der Waals surface area contributed by atoms with Gasteiger partial charge in [-0.15, -0.1) is 0 Å². The summed E-state index contributed by atoms with van der Waals surface area (Å²) in [6.45, 7) is 1.21. The number of ketones is 1. The monoisotopic (exact) mass is 321 g/mol. The summed E-state index contributed by atoms with van der Waals surface area (Å²) in [6.07, 6.45) is 0. The largest absolute Gasteiger partial charge is 0.484 e. The number of carbonyl (C=O) groups is 2. The van der Waals surface area contributed by atoms with Crippen LogP contribution in [0.1, 0.15) is 17.3 Å². The van der Waals surface area contributed by atoms with Crippen molar-refractivity contribution in [2.24, 2.45) is 0 Å². The maximum atomic E-state index is 13.0. The second-order valence-corrected chi connectivity index (χ2v) is 4.96. The van der Waals surface area contributed by atoms with Crippen LogP contribution in [0.25, 0.3) is 0 Å². The van der Waals surface area contributed by atoms with Crippen LogP contribution in [-0.4, -0.2) is 18.3 Å². The van der Waals surface area contributed by atoms with Crippen LogP contribution < -0.4 is 10.1 Å². The zero-order valence-corrected chi connectivity index (χ0v) is 12.5. The van der Waals surface area contributed by atoms with Gasteiger partial charge in [0.25, 0.3) is 5.91 Å². The van der Waals surface area contributed by atoms with Gasteiger partial charge in [0.1, 0.15) is 11.6 Å². The van der Waals surface area contributed by atoms with Crippen molar-refractivity contribution in [1.29, 1.82) is 0 Å². The lowest BCUT2D eigenvalue weighted by molar-refractivity contribution is -0.118. The van der Waals surface area contributed by atoms with Crippen molar-refractivity contribution >= 4 is 29.0 Å². The Morgan fingerprint density at radius 1 is 1.23 bits per heavy atom. The number of amides is 1. The maximum absolute atomic E-state index is 13.0. The zero-order chi connectivity index (χ0) is 16.1. The van der Waals surface area contributed by atoms with Crippen LogP contribution in [0.5, 0.6) is 5.75 Å². The topological polar surface area (TPSA) is 55.4 Å². The number of anilines is 1. The molecule has 0 bridgehead atoms. The molecular weight excluding hydrogens is 309 g/mol. The molecule has 0 aliphatic carbocycles. The van der Waals surface area contributed by atoms with E-state index in [1.54, 1.807) is 24.3 Å². The van der Waals surface area contributed by atoms with E-state index in [9.17, 15) is 14.0 Å². The number of benzene rings is 2. The van der Waals surface area contributed by atoms with E-state index in [1.165, 1.54) is 19.1 Å². The quantitative estimate of drug-likeness (QED) is 0.854. The smallest absolute Gasteiger partial charge is 0.262 e. The molecule has 0 aromatic heterocycles. The van der Waals surface area contributed by atoms with Gasteiger partial charge in [-0.1, -0.05) is 23.7 Å². The van der Waals surface area contributed by atoms with Gasteiger partial charge in [-0.3, -0.25) is 9.59 Å². The number of carbonyl (C=O) groups excluding carboxylic acids is 2. The van der Waals surface area contributed by atoms with Crippen molar-refractivity contribution in [3.8, 4) is 5.75 Å². The Balaban J connectivity index is 1.94. The molecule has 0 aliphatic rings. The first-order valence-electron chi connectivity index (χ1n) is 6.44. The van der Waals surface area contributed by atoms with Gasteiger partial charge in [-0.2, -0.15) is 0 Å². The molecule has 0 atom stereocenters. The predicted molar refractivity (Wildman–Crippen MR) is 82.0 cm³/mol. The van der Waals surface area contributed by atoms with Gasteiger partial charge in [-0.05, 0) is 37.3 Å². The van der Waals surface area contributed by atoms with Crippen LogP contribution in [0.2, 0.25) is 5.02 Å². The molecule has 6 heteroatoms. The second-order valence-electron chi connectivity index (χ2n) is 4.55. The van der Waals surface area contributed by atoms with E-state index in [-0.39, 0.29) is 17.4 Å². The summed E-state index contributed by atoms with van der Waals surface area (Å²) in [6, 6.07) is 10.4. The fourth-order valence-electron chi connectivity index (χ4n) is 1.72. The fourth-order valence-corrected chi connectivity index (χ4v) is 1.91. The maximum Gasteiger partial charge on any atom is 0.262 e. The molecule has 0 aliphatic heterocycles. The first-order chi connectivity index (χ1) is 10.5. The average molecular weight is 322 g/mol. The van der Waals surface area contributed by atoms with Crippen molar-refractivity contribution in [2.75, 3.05) is 11.9 Å². The third-order valence-corrected chi connectivity index (χ3v) is 3.10. The molecular formula is C16H13ClFNO3. The van der Waals surface area contributed by atoms with Crippen molar-refractivity contribution < 1.29 is 18.7 Å². The SMILES string of the molecule is CC(=O)c1cccc(OCC(=O)Nc2ccc(F)c(Cl)c2)c1. The number of nitrogens with one attached hydrogen (secondary N) is 1. The van der Waals surface area contributed by atoms with Crippen molar-refractivity contribution in [3.63, 3.8) is 0 Å². The van der Waals surface area contributed by atoms with Crippen LogP contribution in [-0.2, 0) is 4.79 Å². The summed E-state index contributed by atoms with van der Waals surface area (Å²) in [4.78, 5) is 23.0. The molecule has 4 nitrogen and oxygen atoms in total. The molecule has 0 spiro atoms. The van der Waals surface area contributed by atoms with E-state index in [2.05, 4.69) is 5.32 Å². The van der Waals surface area contributed by atoms with Gasteiger partial charge in [0.15, 0.2) is 12.4 Å². The second kappa shape index (κ2) is 7.04. The number of halogens is 2. The van der Waals surface area contributed by atoms with Gasteiger partial charge in [-0.25, -0.2) is 4.39 Å². The van der Waals surface area contributed by atoms with E-state index < -0.39 is 11.7 Å². The normalized spacial score (nSPS) is 10.1. The number of hydrogen-bond acceptors (Lipinski definition) is 3. The Hall–Kier alpha value is -2.40. The zero-order valence-electron chi connectivity index (χ0n) is 11.7. The summed E-state index contributed by atoms with van der Waals surface area (Å²) in [5.74, 6) is -0.649. The van der Waals surface area contributed by atoms with Crippen LogP contribution in [0.15, 0.2) is 42.5 Å². The first kappa shape index (κ1) is 16.0. The third-order valence-electron chi connectivity index (χ3n) is 2.81. The molecule has 114 valence electrons. The Labute approximate surface area is 131 Å². The molecule has 2 rings (SSSR count). The highest BCUT2D eigenvalue weighted by atomic mass is 35.5. The summed E-state index contributed by atoms with van der Waals surface area (Å²) in [7, 11) is 0. The van der Waals surface area contributed by atoms with Gasteiger partial charge in [0.2, 0.25) is 0 Å². The highest BCUT2D eigenvalue weighted by Gasteiger charge is 2.07. The first-order valence-corrected chi connectivity index (χ1v) is 6.82. The lowest BCUT2D eigenvalue weighted by Crippen LogP contribution is -2.20. The van der Waals surface area contributed by atoms with E-state index in [4.69, 9.17) is 16.3 Å². The Morgan fingerprint density at radius 2 is 2.00 bits per heavy atom.